The molecule has 2 aromatic rings. The zero-order valence-electron chi connectivity index (χ0n) is 16.4. The number of esters is 1. The fourth-order valence-electron chi connectivity index (χ4n) is 3.12. The number of hydrogen-bond donors (Lipinski definition) is 1. The molecular weight excluding hydrogens is 354 g/mol. The molecule has 6 nitrogen and oxygen atoms in total. The molecule has 0 aliphatic carbocycles. The van der Waals surface area contributed by atoms with E-state index < -0.39 is 12.0 Å². The Morgan fingerprint density at radius 1 is 1.18 bits per heavy atom. The lowest BCUT2D eigenvalue weighted by Crippen LogP contribution is -2.43. The van der Waals surface area contributed by atoms with Gasteiger partial charge >= 0.3 is 5.97 Å². The first-order valence-electron chi connectivity index (χ1n) is 9.45. The maximum absolute atomic E-state index is 13.0. The summed E-state index contributed by atoms with van der Waals surface area (Å²) in [5, 5.41) is 9.03. The van der Waals surface area contributed by atoms with E-state index in [1.807, 2.05) is 68.4 Å². The number of nitrogens with one attached hydrogen (secondary N) is 1. The molecule has 28 heavy (non-hydrogen) atoms. The lowest BCUT2D eigenvalue weighted by atomic mass is 10.0. The van der Waals surface area contributed by atoms with Gasteiger partial charge < -0.3 is 10.1 Å². The zero-order valence-corrected chi connectivity index (χ0v) is 16.4. The quantitative estimate of drug-likeness (QED) is 0.781. The second-order valence-corrected chi connectivity index (χ2v) is 6.81. The fourth-order valence-corrected chi connectivity index (χ4v) is 3.12. The minimum atomic E-state index is -0.602. The Kier molecular flexibility index (Phi) is 6.09. The van der Waals surface area contributed by atoms with Crippen LogP contribution in [0.4, 0.5) is 5.69 Å². The van der Waals surface area contributed by atoms with Crippen LogP contribution in [0, 0.1) is 6.92 Å². The second kappa shape index (κ2) is 8.69. The summed E-state index contributed by atoms with van der Waals surface area (Å²) in [7, 11) is 0. The summed E-state index contributed by atoms with van der Waals surface area (Å²) >= 11 is 0. The molecule has 1 N–H and O–H groups in total. The zero-order chi connectivity index (χ0) is 20.1. The van der Waals surface area contributed by atoms with E-state index in [9.17, 15) is 9.59 Å². The number of rotatable bonds is 6. The molecule has 1 heterocycles. The van der Waals surface area contributed by atoms with Crippen molar-refractivity contribution in [2.45, 2.75) is 39.3 Å². The Balaban J connectivity index is 1.79. The van der Waals surface area contributed by atoms with Crippen LogP contribution in [0.15, 0.2) is 59.7 Å². The standard InChI is InChI=1S/C22H25N3O3/c1-4-28-22(27)19-14-20(25(24-19)18-8-6-5-7-9-18)21(26)23-16(3)17-12-10-15(2)11-13-17/h5-13,16,20H,4,14H2,1-3H3,(H,23,26). The van der Waals surface area contributed by atoms with Crippen LogP contribution in [0.2, 0.25) is 0 Å². The third-order valence-electron chi connectivity index (χ3n) is 4.68. The van der Waals surface area contributed by atoms with Gasteiger partial charge in [-0.2, -0.15) is 5.10 Å². The van der Waals surface area contributed by atoms with E-state index in [1.165, 1.54) is 5.56 Å². The monoisotopic (exact) mass is 379 g/mol. The van der Waals surface area contributed by atoms with E-state index in [-0.39, 0.29) is 30.7 Å². The molecule has 1 aliphatic heterocycles. The number of anilines is 1. The van der Waals surface area contributed by atoms with Gasteiger partial charge in [0.15, 0.2) is 0 Å². The van der Waals surface area contributed by atoms with Gasteiger partial charge in [-0.05, 0) is 38.5 Å². The Labute approximate surface area is 165 Å². The highest BCUT2D eigenvalue weighted by atomic mass is 16.5. The maximum Gasteiger partial charge on any atom is 0.354 e. The Morgan fingerprint density at radius 3 is 2.50 bits per heavy atom. The molecule has 6 heteroatoms. The number of carbonyl (C=O) groups is 2. The van der Waals surface area contributed by atoms with Crippen molar-refractivity contribution in [2.24, 2.45) is 5.10 Å². The second-order valence-electron chi connectivity index (χ2n) is 6.81. The molecular formula is C22H25N3O3. The molecule has 0 fully saturated rings. The Bertz CT molecular complexity index is 862. The van der Waals surface area contributed by atoms with E-state index in [0.717, 1.165) is 11.3 Å². The van der Waals surface area contributed by atoms with Crippen LogP contribution in [-0.4, -0.2) is 30.2 Å². The molecule has 1 amide bonds. The van der Waals surface area contributed by atoms with Crippen LogP contribution < -0.4 is 10.3 Å². The topological polar surface area (TPSA) is 71.0 Å². The van der Waals surface area contributed by atoms with E-state index in [1.54, 1.807) is 11.9 Å². The average molecular weight is 379 g/mol. The molecule has 0 radical (unpaired) electrons. The summed E-state index contributed by atoms with van der Waals surface area (Å²) in [6.07, 6.45) is 0.209. The van der Waals surface area contributed by atoms with Crippen molar-refractivity contribution in [3.63, 3.8) is 0 Å². The van der Waals surface area contributed by atoms with Crippen molar-refractivity contribution >= 4 is 23.3 Å². The van der Waals surface area contributed by atoms with Gasteiger partial charge in [-0.25, -0.2) is 4.79 Å². The highest BCUT2D eigenvalue weighted by molar-refractivity contribution is 6.38. The number of hydrazone groups is 1. The minimum Gasteiger partial charge on any atom is -0.461 e. The highest BCUT2D eigenvalue weighted by Crippen LogP contribution is 2.26. The van der Waals surface area contributed by atoms with E-state index in [0.29, 0.717) is 0 Å². The molecule has 0 spiro atoms. The Morgan fingerprint density at radius 2 is 1.86 bits per heavy atom. The number of hydrogen-bond acceptors (Lipinski definition) is 5. The molecule has 2 aromatic carbocycles. The van der Waals surface area contributed by atoms with Gasteiger partial charge in [0, 0.05) is 6.42 Å². The summed E-state index contributed by atoms with van der Waals surface area (Å²) in [6, 6.07) is 16.7. The molecule has 2 unspecified atom stereocenters. The van der Waals surface area contributed by atoms with Gasteiger partial charge in [-0.1, -0.05) is 48.0 Å². The molecule has 2 atom stereocenters. The van der Waals surface area contributed by atoms with Gasteiger partial charge in [0.25, 0.3) is 0 Å². The van der Waals surface area contributed by atoms with Gasteiger partial charge in [0.05, 0.1) is 18.3 Å². The van der Waals surface area contributed by atoms with Crippen LogP contribution in [0.3, 0.4) is 0 Å². The van der Waals surface area contributed by atoms with Crippen molar-refractivity contribution in [3.05, 3.63) is 65.7 Å². The van der Waals surface area contributed by atoms with Crippen molar-refractivity contribution in [1.82, 2.24) is 5.32 Å². The van der Waals surface area contributed by atoms with Crippen molar-refractivity contribution in [3.8, 4) is 0 Å². The van der Waals surface area contributed by atoms with Crippen LogP contribution in [0.5, 0.6) is 0 Å². The summed E-state index contributed by atoms with van der Waals surface area (Å²) in [6.45, 7) is 5.98. The fraction of sp³-hybridized carbons (Fsp3) is 0.318. The molecule has 0 saturated carbocycles. The molecule has 0 saturated heterocycles. The number of amides is 1. The molecule has 146 valence electrons. The number of ether oxygens (including phenoxy) is 1. The van der Waals surface area contributed by atoms with Gasteiger partial charge in [0.1, 0.15) is 11.8 Å². The minimum absolute atomic E-state index is 0.155. The van der Waals surface area contributed by atoms with Gasteiger partial charge in [-0.3, -0.25) is 9.80 Å². The molecule has 0 bridgehead atoms. The maximum atomic E-state index is 13.0. The summed E-state index contributed by atoms with van der Waals surface area (Å²) in [5.74, 6) is -0.662. The highest BCUT2D eigenvalue weighted by Gasteiger charge is 2.37. The molecule has 3 rings (SSSR count). The first-order chi connectivity index (χ1) is 13.5. The van der Waals surface area contributed by atoms with Gasteiger partial charge in [-0.15, -0.1) is 0 Å². The molecule has 0 aromatic heterocycles. The SMILES string of the molecule is CCOC(=O)C1=NN(c2ccccc2)C(C(=O)NC(C)c2ccc(C)cc2)C1. The predicted molar refractivity (Wildman–Crippen MR) is 109 cm³/mol. The van der Waals surface area contributed by atoms with E-state index in [4.69, 9.17) is 4.74 Å². The lowest BCUT2D eigenvalue weighted by molar-refractivity contribution is -0.135. The lowest BCUT2D eigenvalue weighted by Gasteiger charge is -2.24. The number of aryl methyl sites for hydroxylation is 1. The first-order valence-corrected chi connectivity index (χ1v) is 9.45. The Hall–Kier alpha value is -3.15. The normalized spacial score (nSPS) is 17.0. The number of nitrogens with zero attached hydrogens (tertiary/aromatic N) is 2. The number of benzene rings is 2. The van der Waals surface area contributed by atoms with Gasteiger partial charge in [0.2, 0.25) is 5.91 Å². The van der Waals surface area contributed by atoms with Crippen LogP contribution in [-0.2, 0) is 14.3 Å². The third kappa shape index (κ3) is 4.39. The van der Waals surface area contributed by atoms with Crippen molar-refractivity contribution < 1.29 is 14.3 Å². The van der Waals surface area contributed by atoms with Crippen LogP contribution in [0.25, 0.3) is 0 Å². The largest absolute Gasteiger partial charge is 0.461 e. The average Bonchev–Trinajstić information content (AvgIpc) is 3.15. The summed E-state index contributed by atoms with van der Waals surface area (Å²) in [5.41, 5.74) is 3.20. The van der Waals surface area contributed by atoms with Crippen molar-refractivity contribution in [2.75, 3.05) is 11.6 Å². The van der Waals surface area contributed by atoms with E-state index >= 15 is 0 Å². The van der Waals surface area contributed by atoms with Crippen LogP contribution >= 0.6 is 0 Å². The molecule has 1 aliphatic rings. The third-order valence-corrected chi connectivity index (χ3v) is 4.68. The first kappa shape index (κ1) is 19.6. The van der Waals surface area contributed by atoms with Crippen molar-refractivity contribution in [1.29, 1.82) is 0 Å². The number of carbonyl (C=O) groups excluding carboxylic acids is 2. The predicted octanol–water partition coefficient (Wildman–Crippen LogP) is 3.37. The summed E-state index contributed by atoms with van der Waals surface area (Å²) in [4.78, 5) is 25.2. The van der Waals surface area contributed by atoms with E-state index in [2.05, 4.69) is 10.4 Å². The summed E-state index contributed by atoms with van der Waals surface area (Å²) < 4.78 is 5.07. The smallest absolute Gasteiger partial charge is 0.354 e. The van der Waals surface area contributed by atoms with Crippen LogP contribution in [0.1, 0.15) is 37.4 Å². The number of para-hydroxylation sites is 1.